The Bertz CT molecular complexity index is 4320. The second-order valence-electron chi connectivity index (χ2n) is 24.0. The van der Waals surface area contributed by atoms with Gasteiger partial charge in [0.1, 0.15) is 35.4 Å². The summed E-state index contributed by atoms with van der Waals surface area (Å²) in [5.74, 6) is -0.0858. The number of aryl methyl sites for hydroxylation is 4. The van der Waals surface area contributed by atoms with Crippen molar-refractivity contribution in [3.8, 4) is 11.1 Å². The summed E-state index contributed by atoms with van der Waals surface area (Å²) < 4.78 is 67.1. The second-order valence-corrected chi connectivity index (χ2v) is 24.0. The van der Waals surface area contributed by atoms with Crippen LogP contribution in [0.15, 0.2) is 199 Å². The van der Waals surface area contributed by atoms with Gasteiger partial charge in [-0.3, -0.25) is 5.01 Å². The summed E-state index contributed by atoms with van der Waals surface area (Å²) in [4.78, 5) is 15.6. The molecule has 3 unspecified atom stereocenters. The lowest BCUT2D eigenvalue weighted by Gasteiger charge is -2.25. The molecule has 15 rings (SSSR count). The first-order valence-corrected chi connectivity index (χ1v) is 30.3. The number of nitrogens with zero attached hydrogens (tertiary/aromatic N) is 4. The van der Waals surface area contributed by atoms with Crippen LogP contribution in [0.4, 0.5) is 33.3 Å². The molecule has 11 aromatic rings. The molecule has 0 saturated heterocycles. The van der Waals surface area contributed by atoms with Crippen LogP contribution >= 0.6 is 0 Å². The number of H-pyrrole nitrogens is 1. The molecule has 4 aliphatic heterocycles. The summed E-state index contributed by atoms with van der Waals surface area (Å²) in [7, 11) is 2.20. The van der Waals surface area contributed by atoms with Gasteiger partial charge < -0.3 is 24.6 Å². The lowest BCUT2D eigenvalue weighted by Crippen LogP contribution is -2.27. The molecule has 0 fully saturated rings. The fraction of sp³-hybridized carbons (Fsp3) is 0.221. The van der Waals surface area contributed by atoms with Crippen LogP contribution < -0.4 is 10.3 Å². The molecule has 7 nitrogen and oxygen atoms in total. The van der Waals surface area contributed by atoms with Crippen molar-refractivity contribution >= 4 is 45.2 Å². The number of hydrogen-bond acceptors (Lipinski definition) is 5. The number of fused-ring (bicyclic) bond motifs is 6. The van der Waals surface area contributed by atoms with Crippen LogP contribution in [0.1, 0.15) is 104 Å². The van der Waals surface area contributed by atoms with Gasteiger partial charge in [0.25, 0.3) is 0 Å². The van der Waals surface area contributed by atoms with Gasteiger partial charge in [-0.2, -0.15) is 5.10 Å². The van der Waals surface area contributed by atoms with Gasteiger partial charge in [-0.15, -0.1) is 0 Å². The zero-order valence-electron chi connectivity index (χ0n) is 51.3. The van der Waals surface area contributed by atoms with Crippen molar-refractivity contribution in [2.24, 2.45) is 5.10 Å². The Morgan fingerprint density at radius 2 is 1.08 bits per heavy atom. The van der Waals surface area contributed by atoms with Gasteiger partial charge >= 0.3 is 0 Å². The van der Waals surface area contributed by atoms with Crippen LogP contribution in [0.2, 0.25) is 0 Å². The molecular weight excluding hydrogens is 1120 g/mol. The lowest BCUT2D eigenvalue weighted by atomic mass is 9.90. The van der Waals surface area contributed by atoms with Crippen molar-refractivity contribution in [3.05, 3.63) is 296 Å². The number of hydrazone groups is 1. The number of anilines is 2. The highest BCUT2D eigenvalue weighted by Gasteiger charge is 2.33. The predicted molar refractivity (Wildman–Crippen MR) is 353 cm³/mol. The summed E-state index contributed by atoms with van der Waals surface area (Å²) in [5.41, 5.74) is 24.5. The average molecular weight is 1190 g/mol. The van der Waals surface area contributed by atoms with Crippen LogP contribution in [0, 0.1) is 56.8 Å². The molecule has 6 heterocycles. The maximum absolute atomic E-state index is 13.3. The van der Waals surface area contributed by atoms with E-state index in [1.54, 1.807) is 36.4 Å². The molecule has 0 saturated carbocycles. The molecule has 3 atom stereocenters. The minimum atomic E-state index is -0.269. The third-order valence-electron chi connectivity index (χ3n) is 17.1. The molecule has 0 bridgehead atoms. The largest absolute Gasteiger partial charge is 0.384 e. The van der Waals surface area contributed by atoms with Crippen LogP contribution in [-0.2, 0) is 30.7 Å². The van der Waals surface area contributed by atoms with Crippen molar-refractivity contribution in [1.82, 2.24) is 14.5 Å². The summed E-state index contributed by atoms with van der Waals surface area (Å²) in [6.45, 7) is 17.3. The first-order valence-electron chi connectivity index (χ1n) is 30.3. The smallest absolute Gasteiger partial charge is 0.124 e. The van der Waals surface area contributed by atoms with Crippen molar-refractivity contribution in [2.75, 3.05) is 37.0 Å². The standard InChI is InChI=1S/C21H21FN2.C18H19FN2.C15H14FN.C15H12FN.C8H7FO/c1-13-9-16-18(14-3-5-15(22)6-4-14)12-24-20-7-8-23(2)11-19(20)17(10-13)21(16)24;1-12(2)20-21-11-17(14-5-7-15(19)8-6-14)16-10-13(3)4-9-18(16)21;2*1-10-2-7-15-13(8-10)14(9-17-15)11-3-5-12(16)6-4-11;9-8-3-1-7(2-4-8)5-6-10/h3-6,9-10,18H,7-8,11-12H2,1-2H3;4-10,17H,11H2,1-3H3;2-8,14,17H,9H2,1H3;2-9,17H,1H3;1-4,6H,5H2. The molecular formula is C77H73F5N6O. The maximum Gasteiger partial charge on any atom is 0.124 e. The van der Waals surface area contributed by atoms with E-state index in [0.29, 0.717) is 18.3 Å². The normalized spacial score (nSPS) is 15.8. The Kier molecular flexibility index (Phi) is 18.5. The van der Waals surface area contributed by atoms with E-state index in [1.807, 2.05) is 56.4 Å². The quantitative estimate of drug-likeness (QED) is 0.0948. The van der Waals surface area contributed by atoms with E-state index in [4.69, 9.17) is 0 Å². The fourth-order valence-electron chi connectivity index (χ4n) is 12.8. The highest BCUT2D eigenvalue weighted by atomic mass is 19.1. The molecule has 12 heteroatoms. The Labute approximate surface area is 518 Å². The lowest BCUT2D eigenvalue weighted by molar-refractivity contribution is -0.107. The van der Waals surface area contributed by atoms with Gasteiger partial charge in [-0.25, -0.2) is 22.0 Å². The number of likely N-dealkylation sites (N-methyl/N-ethyl adjacent to an activating group) is 1. The van der Waals surface area contributed by atoms with Gasteiger partial charge in [0.2, 0.25) is 0 Å². The van der Waals surface area contributed by atoms with Crippen molar-refractivity contribution < 1.29 is 26.7 Å². The SMILES string of the molecule is CC(C)=NN1CC(c2ccc(F)cc2)c2cc(C)ccc21.Cc1cc2c3c(c1)c1c(n3CC2c2ccc(F)cc2)CCN(C)C1.Cc1ccc2[nH]cc(-c3ccc(F)cc3)c2c1.Cc1ccc2c(c1)C(c1ccc(F)cc1)CN2.O=CCc1ccc(F)cc1. The third kappa shape index (κ3) is 14.0. The number of rotatable bonds is 7. The molecule has 0 spiro atoms. The number of carbonyl (C=O) groups is 1. The number of aldehydes is 1. The highest BCUT2D eigenvalue weighted by molar-refractivity contribution is 5.96. The Morgan fingerprint density at radius 3 is 1.69 bits per heavy atom. The van der Waals surface area contributed by atoms with E-state index in [0.717, 1.165) is 84.6 Å². The minimum Gasteiger partial charge on any atom is -0.384 e. The average Bonchev–Trinajstić information content (AvgIpc) is 1.60. The van der Waals surface area contributed by atoms with E-state index in [2.05, 4.69) is 131 Å². The molecule has 0 radical (unpaired) electrons. The van der Waals surface area contributed by atoms with Gasteiger partial charge in [0.05, 0.1) is 17.7 Å². The highest BCUT2D eigenvalue weighted by Crippen LogP contribution is 2.45. The number of nitrogens with one attached hydrogen (secondary N) is 2. The van der Waals surface area contributed by atoms with E-state index in [-0.39, 0.29) is 35.0 Å². The Morgan fingerprint density at radius 1 is 0.562 bits per heavy atom. The minimum absolute atomic E-state index is 0.161. The van der Waals surface area contributed by atoms with E-state index in [1.165, 1.54) is 132 Å². The molecule has 9 aromatic carbocycles. The maximum atomic E-state index is 13.3. The number of halogens is 5. The molecule has 2 N–H and O–H groups in total. The van der Waals surface area contributed by atoms with Crippen LogP contribution in [0.5, 0.6) is 0 Å². The predicted octanol–water partition coefficient (Wildman–Crippen LogP) is 18.2. The van der Waals surface area contributed by atoms with Crippen molar-refractivity contribution in [2.45, 2.75) is 85.2 Å². The summed E-state index contributed by atoms with van der Waals surface area (Å²) in [6.07, 6.45) is 4.25. The molecule has 0 aliphatic carbocycles. The first kappa shape index (κ1) is 61.3. The van der Waals surface area contributed by atoms with Crippen LogP contribution in [0.3, 0.4) is 0 Å². The van der Waals surface area contributed by atoms with Gasteiger partial charge in [-0.1, -0.05) is 119 Å². The fourth-order valence-corrected chi connectivity index (χ4v) is 12.8. The molecule has 2 aromatic heterocycles. The monoisotopic (exact) mass is 1190 g/mol. The van der Waals surface area contributed by atoms with E-state index < -0.39 is 0 Å². The first-order chi connectivity index (χ1) is 43.0. The Hall–Kier alpha value is -9.39. The van der Waals surface area contributed by atoms with E-state index >= 15 is 0 Å². The van der Waals surface area contributed by atoms with Crippen LogP contribution in [0.25, 0.3) is 32.9 Å². The van der Waals surface area contributed by atoms with Gasteiger partial charge in [-0.05, 0) is 190 Å². The second kappa shape index (κ2) is 26.9. The number of aromatic amines is 1. The topological polar surface area (TPSA) is 68.7 Å². The van der Waals surface area contributed by atoms with Crippen LogP contribution in [-0.4, -0.2) is 53.1 Å². The number of aromatic nitrogens is 2. The molecule has 452 valence electrons. The Balaban J connectivity index is 0.000000117. The number of carbonyl (C=O) groups excluding carboxylic acids is 1. The summed E-state index contributed by atoms with van der Waals surface area (Å²) >= 11 is 0. The third-order valence-corrected chi connectivity index (χ3v) is 17.1. The zero-order valence-corrected chi connectivity index (χ0v) is 51.3. The zero-order chi connectivity index (χ0) is 62.5. The van der Waals surface area contributed by atoms with Crippen molar-refractivity contribution in [1.29, 1.82) is 0 Å². The van der Waals surface area contributed by atoms with E-state index in [9.17, 15) is 26.7 Å². The summed E-state index contributed by atoms with van der Waals surface area (Å²) in [6, 6.07) is 57.0. The molecule has 4 aliphatic rings. The van der Waals surface area contributed by atoms with Gasteiger partial charge in [0.15, 0.2) is 0 Å². The summed E-state index contributed by atoms with van der Waals surface area (Å²) in [5, 5.41) is 12.7. The number of hydrogen-bond donors (Lipinski definition) is 2. The molecule has 89 heavy (non-hydrogen) atoms. The van der Waals surface area contributed by atoms with Gasteiger partial charge in [0, 0.05) is 102 Å². The molecule has 0 amide bonds. The number of benzene rings is 9. The van der Waals surface area contributed by atoms with Crippen molar-refractivity contribution in [3.63, 3.8) is 0 Å².